The van der Waals surface area contributed by atoms with Crippen molar-refractivity contribution < 1.29 is 0 Å². The molecular weight excluding hydrogens is 595 g/mol. The molecule has 228 valence electrons. The van der Waals surface area contributed by atoms with Gasteiger partial charge >= 0.3 is 0 Å². The van der Waals surface area contributed by atoms with Crippen LogP contribution in [0, 0.1) is 0 Å². The number of pyridine rings is 2. The van der Waals surface area contributed by atoms with Crippen LogP contribution in [0.2, 0.25) is 0 Å². The first-order valence-corrected chi connectivity index (χ1v) is 16.7. The zero-order valence-corrected chi connectivity index (χ0v) is 26.6. The molecule has 0 spiro atoms. The fourth-order valence-corrected chi connectivity index (χ4v) is 7.58. The number of fused-ring (bicyclic) bond motifs is 6. The molecule has 3 heterocycles. The van der Waals surface area contributed by atoms with Crippen LogP contribution < -0.4 is 0 Å². The van der Waals surface area contributed by atoms with Gasteiger partial charge in [-0.25, -0.2) is 9.97 Å². The van der Waals surface area contributed by atoms with Crippen molar-refractivity contribution >= 4 is 48.9 Å². The summed E-state index contributed by atoms with van der Waals surface area (Å²) in [7, 11) is 0. The molecule has 3 heteroatoms. The van der Waals surface area contributed by atoms with Gasteiger partial charge in [-0.15, -0.1) is 0 Å². The van der Waals surface area contributed by atoms with Gasteiger partial charge < -0.3 is 0 Å². The Kier molecular flexibility index (Phi) is 6.18. The van der Waals surface area contributed by atoms with E-state index in [1.165, 1.54) is 54.6 Å². The highest BCUT2D eigenvalue weighted by Crippen LogP contribution is 2.44. The first kappa shape index (κ1) is 27.5. The Morgan fingerprint density at radius 1 is 0.388 bits per heavy atom. The predicted octanol–water partition coefficient (Wildman–Crippen LogP) is 12.0. The van der Waals surface area contributed by atoms with E-state index >= 15 is 0 Å². The lowest BCUT2D eigenvalue weighted by molar-refractivity contribution is 1.17. The summed E-state index contributed by atoms with van der Waals surface area (Å²) >= 11 is 0. The molecule has 0 unspecified atom stereocenters. The first-order valence-electron chi connectivity index (χ1n) is 16.7. The summed E-state index contributed by atoms with van der Waals surface area (Å²) in [6, 6.07) is 60.8. The van der Waals surface area contributed by atoms with E-state index in [1.807, 2.05) is 18.3 Å². The summed E-state index contributed by atoms with van der Waals surface area (Å²) in [6.45, 7) is 0. The molecule has 3 aromatic heterocycles. The Bertz CT molecular complexity index is 2810. The second kappa shape index (κ2) is 11.0. The smallest absolute Gasteiger partial charge is 0.146 e. The maximum atomic E-state index is 5.27. The molecule has 0 saturated heterocycles. The molecule has 0 aliphatic carbocycles. The molecule has 0 amide bonds. The van der Waals surface area contributed by atoms with Gasteiger partial charge in [0.2, 0.25) is 0 Å². The molecular formula is C46H29N3. The van der Waals surface area contributed by atoms with Crippen LogP contribution in [0.25, 0.3) is 93.8 Å². The van der Waals surface area contributed by atoms with Gasteiger partial charge in [0.25, 0.3) is 0 Å². The molecule has 0 fully saturated rings. The SMILES string of the molecule is c1ccc(-c2nc(-c3ccc(-c4c5ccccc5c(-c5ccc6ccccc6c5)c5ccccc45)cc3)n3c2ccc2cccnc23)cc1. The average Bonchev–Trinajstić information content (AvgIpc) is 3.57. The van der Waals surface area contributed by atoms with Crippen LogP contribution in [0.5, 0.6) is 0 Å². The van der Waals surface area contributed by atoms with Gasteiger partial charge in [0.1, 0.15) is 11.5 Å². The van der Waals surface area contributed by atoms with E-state index in [9.17, 15) is 0 Å². The lowest BCUT2D eigenvalue weighted by atomic mass is 9.85. The van der Waals surface area contributed by atoms with Gasteiger partial charge in [-0.1, -0.05) is 140 Å². The number of aromatic nitrogens is 3. The molecule has 0 aliphatic rings. The normalized spacial score (nSPS) is 11.7. The van der Waals surface area contributed by atoms with Crippen molar-refractivity contribution in [1.82, 2.24) is 14.4 Å². The minimum Gasteiger partial charge on any atom is -0.276 e. The van der Waals surface area contributed by atoms with Crippen molar-refractivity contribution in [3.05, 3.63) is 176 Å². The molecule has 0 aliphatic heterocycles. The highest BCUT2D eigenvalue weighted by molar-refractivity contribution is 6.21. The highest BCUT2D eigenvalue weighted by Gasteiger charge is 2.19. The maximum absolute atomic E-state index is 5.27. The second-order valence-electron chi connectivity index (χ2n) is 12.6. The Hall–Kier alpha value is -6.58. The number of nitrogens with zero attached hydrogens (tertiary/aromatic N) is 3. The molecule has 7 aromatic carbocycles. The van der Waals surface area contributed by atoms with Crippen LogP contribution in [0.4, 0.5) is 0 Å². The summed E-state index contributed by atoms with van der Waals surface area (Å²) in [5, 5.41) is 8.56. The summed E-state index contributed by atoms with van der Waals surface area (Å²) in [5.74, 6) is 0.881. The number of benzene rings is 7. The quantitative estimate of drug-likeness (QED) is 0.183. The molecule has 0 N–H and O–H groups in total. The van der Waals surface area contributed by atoms with E-state index in [0.29, 0.717) is 0 Å². The van der Waals surface area contributed by atoms with Crippen molar-refractivity contribution in [3.8, 4) is 44.9 Å². The van der Waals surface area contributed by atoms with Crippen molar-refractivity contribution in [2.45, 2.75) is 0 Å². The van der Waals surface area contributed by atoms with Crippen LogP contribution in [-0.4, -0.2) is 14.4 Å². The van der Waals surface area contributed by atoms with Crippen LogP contribution >= 0.6 is 0 Å². The van der Waals surface area contributed by atoms with E-state index in [2.05, 4.69) is 162 Å². The molecule has 10 aromatic rings. The molecule has 0 atom stereocenters. The van der Waals surface area contributed by atoms with E-state index in [1.54, 1.807) is 0 Å². The van der Waals surface area contributed by atoms with Crippen LogP contribution in [0.3, 0.4) is 0 Å². The van der Waals surface area contributed by atoms with E-state index < -0.39 is 0 Å². The maximum Gasteiger partial charge on any atom is 0.146 e. The number of hydrogen-bond acceptors (Lipinski definition) is 2. The third kappa shape index (κ3) is 4.37. The molecule has 49 heavy (non-hydrogen) atoms. The minimum absolute atomic E-state index is 0.881. The van der Waals surface area contributed by atoms with Gasteiger partial charge in [0, 0.05) is 22.7 Å². The molecule has 0 saturated carbocycles. The van der Waals surface area contributed by atoms with Crippen LogP contribution in [0.1, 0.15) is 0 Å². The molecule has 0 bridgehead atoms. The highest BCUT2D eigenvalue weighted by atomic mass is 15.1. The Morgan fingerprint density at radius 3 is 1.65 bits per heavy atom. The lowest BCUT2D eigenvalue weighted by Gasteiger charge is -2.18. The summed E-state index contributed by atoms with van der Waals surface area (Å²) < 4.78 is 2.20. The number of imidazole rings is 1. The minimum atomic E-state index is 0.881. The summed E-state index contributed by atoms with van der Waals surface area (Å²) in [5.41, 5.74) is 9.94. The third-order valence-electron chi connectivity index (χ3n) is 9.81. The van der Waals surface area contributed by atoms with Crippen LogP contribution in [-0.2, 0) is 0 Å². The predicted molar refractivity (Wildman–Crippen MR) is 205 cm³/mol. The average molecular weight is 624 g/mol. The van der Waals surface area contributed by atoms with Gasteiger partial charge in [0.15, 0.2) is 0 Å². The largest absolute Gasteiger partial charge is 0.276 e. The molecule has 0 radical (unpaired) electrons. The van der Waals surface area contributed by atoms with Gasteiger partial charge in [0.05, 0.1) is 11.2 Å². The van der Waals surface area contributed by atoms with Crippen molar-refractivity contribution in [2.75, 3.05) is 0 Å². The topological polar surface area (TPSA) is 30.2 Å². The fraction of sp³-hybridized carbons (Fsp3) is 0. The van der Waals surface area contributed by atoms with Crippen molar-refractivity contribution in [2.24, 2.45) is 0 Å². The zero-order valence-electron chi connectivity index (χ0n) is 26.6. The molecule has 10 rings (SSSR count). The zero-order chi connectivity index (χ0) is 32.3. The van der Waals surface area contributed by atoms with Gasteiger partial charge in [-0.2, -0.15) is 0 Å². The van der Waals surface area contributed by atoms with E-state index in [-0.39, 0.29) is 0 Å². The van der Waals surface area contributed by atoms with Gasteiger partial charge in [-0.05, 0) is 84.9 Å². The Labute approximate surface area is 283 Å². The van der Waals surface area contributed by atoms with Crippen molar-refractivity contribution in [3.63, 3.8) is 0 Å². The third-order valence-corrected chi connectivity index (χ3v) is 9.81. The summed E-state index contributed by atoms with van der Waals surface area (Å²) in [4.78, 5) is 10.1. The summed E-state index contributed by atoms with van der Waals surface area (Å²) in [6.07, 6.45) is 1.86. The number of hydrogen-bond donors (Lipinski definition) is 0. The van der Waals surface area contributed by atoms with Gasteiger partial charge in [-0.3, -0.25) is 4.40 Å². The molecule has 3 nitrogen and oxygen atoms in total. The van der Waals surface area contributed by atoms with Crippen LogP contribution in [0.15, 0.2) is 176 Å². The standard InChI is InChI=1S/C46H29N3/c1-2-12-32(13-3-1)44-41-27-26-33-15-10-28-47-45(33)49(41)46(48-44)34-23-21-31(22-24-34)42-37-16-6-8-18-39(37)43(40-19-9-7-17-38(40)42)36-25-20-30-11-4-5-14-35(30)29-36/h1-29H. The van der Waals surface area contributed by atoms with Crippen molar-refractivity contribution in [1.29, 1.82) is 0 Å². The number of rotatable bonds is 4. The fourth-order valence-electron chi connectivity index (χ4n) is 7.58. The Balaban J connectivity index is 1.18. The van der Waals surface area contributed by atoms with E-state index in [0.717, 1.165) is 39.2 Å². The Morgan fingerprint density at radius 2 is 0.939 bits per heavy atom. The van der Waals surface area contributed by atoms with E-state index in [4.69, 9.17) is 9.97 Å². The monoisotopic (exact) mass is 623 g/mol. The first-order chi connectivity index (χ1) is 24.3. The second-order valence-corrected chi connectivity index (χ2v) is 12.6. The lowest BCUT2D eigenvalue weighted by Crippen LogP contribution is -1.94.